The molecule has 2 aliphatic rings. The lowest BCUT2D eigenvalue weighted by Crippen LogP contribution is -2.26. The third-order valence-electron chi connectivity index (χ3n) is 13.4. The number of rotatable bonds is 10. The minimum atomic E-state index is -1.04. The molecule has 18 nitrogen and oxygen atoms in total. The van der Waals surface area contributed by atoms with Crippen molar-refractivity contribution < 1.29 is 24.2 Å². The summed E-state index contributed by atoms with van der Waals surface area (Å²) >= 11 is 7.70. The SMILES string of the molecule is CN1CCCc2cc(CN)ccc21.COC(=O)c1cc(I)cnc1Cl.Cc1cncc(-c2cnc(-n3ccc(C)n3)c(C(=O)NCc3ccc4c(c3)CCCN4C)c2)c1.Cc1cncc(-c2cnc(-n3ccc(C)n3)c(C(=O)O)c2)c1. The first-order chi connectivity index (χ1) is 39.0. The second-order valence-electron chi connectivity index (χ2n) is 19.6. The van der Waals surface area contributed by atoms with Gasteiger partial charge in [-0.2, -0.15) is 10.2 Å². The van der Waals surface area contributed by atoms with E-state index in [1.54, 1.807) is 66.3 Å². The predicted molar refractivity (Wildman–Crippen MR) is 324 cm³/mol. The van der Waals surface area contributed by atoms with Crippen LogP contribution in [0.1, 0.15) is 88.7 Å². The predicted octanol–water partition coefficient (Wildman–Crippen LogP) is 10.6. The number of aromatic carboxylic acids is 1. The molecule has 0 atom stereocenters. The lowest BCUT2D eigenvalue weighted by atomic mass is 9.99. The van der Waals surface area contributed by atoms with Gasteiger partial charge >= 0.3 is 11.9 Å². The van der Waals surface area contributed by atoms with Gasteiger partial charge < -0.3 is 30.7 Å². The molecule has 0 spiro atoms. The second kappa shape index (κ2) is 27.2. The molecule has 11 rings (SSSR count). The van der Waals surface area contributed by atoms with Crippen LogP contribution in [0, 0.1) is 31.3 Å². The van der Waals surface area contributed by atoms with Crippen molar-refractivity contribution in [3.05, 3.63) is 205 Å². The van der Waals surface area contributed by atoms with Gasteiger partial charge in [0.25, 0.3) is 5.91 Å². The number of ether oxygens (including phenoxy) is 1. The molecule has 0 unspecified atom stereocenters. The van der Waals surface area contributed by atoms with Crippen molar-refractivity contribution in [3.8, 4) is 33.9 Å². The fourth-order valence-electron chi connectivity index (χ4n) is 9.28. The Hall–Kier alpha value is -8.40. The smallest absolute Gasteiger partial charge is 0.341 e. The molecular formula is C61H63ClIN13O5. The number of amides is 1. The summed E-state index contributed by atoms with van der Waals surface area (Å²) in [6.45, 7) is 11.0. The molecule has 0 aliphatic carbocycles. The zero-order valence-electron chi connectivity index (χ0n) is 46.2. The highest BCUT2D eigenvalue weighted by atomic mass is 127. The van der Waals surface area contributed by atoms with Crippen LogP contribution in [0.5, 0.6) is 0 Å². The van der Waals surface area contributed by atoms with Gasteiger partial charge in [-0.25, -0.2) is 33.9 Å². The molecule has 0 saturated carbocycles. The largest absolute Gasteiger partial charge is 0.478 e. The number of anilines is 2. The maximum Gasteiger partial charge on any atom is 0.341 e. The summed E-state index contributed by atoms with van der Waals surface area (Å²) in [7, 11) is 5.58. The standard InChI is InChI=1S/C27H28N6O.C16H14N4O2.C11H16N2.C7H5ClINO2/c1-18-11-22(16-28-14-18)23-13-24(26(29-17-23)33-10-8-19(2)31-33)27(34)30-15-20-6-7-25-21(12-20)5-4-9-32(25)3;1-10-5-12(8-17-7-10)13-6-14(16(21)22)15(18-9-13)20-4-3-11(2)19-20;1-13-6-2-3-10-7-9(8-12)4-5-11(10)13;1-12-7(11)5-2-4(9)3-10-6(5)8/h6-8,10-14,16-17H,4-5,9,15H2,1-3H3,(H,30,34);3-9H,1-2H3,(H,21,22);4-5,7H,2-3,6,8,12H2,1H3;2-3H,1H3. The molecule has 0 bridgehead atoms. The monoisotopic (exact) mass is 1220 g/mol. The number of benzene rings is 2. The Balaban J connectivity index is 0.000000156. The zero-order valence-corrected chi connectivity index (χ0v) is 49.1. The number of carboxylic acids is 1. The summed E-state index contributed by atoms with van der Waals surface area (Å²) in [5, 5.41) is 21.4. The molecule has 416 valence electrons. The molecule has 81 heavy (non-hydrogen) atoms. The Labute approximate surface area is 489 Å². The summed E-state index contributed by atoms with van der Waals surface area (Å²) in [6.07, 6.45) is 20.2. The van der Waals surface area contributed by atoms with Gasteiger partial charge in [0.05, 0.1) is 29.6 Å². The first kappa shape index (κ1) is 58.7. The van der Waals surface area contributed by atoms with Crippen LogP contribution in [0.25, 0.3) is 33.9 Å². The van der Waals surface area contributed by atoms with Gasteiger partial charge in [0.15, 0.2) is 11.6 Å². The van der Waals surface area contributed by atoms with Crippen molar-refractivity contribution >= 4 is 63.4 Å². The quantitative estimate of drug-likeness (QED) is 0.0658. The molecule has 0 saturated heterocycles. The molecule has 2 aromatic carbocycles. The normalized spacial score (nSPS) is 12.3. The topological polar surface area (TPSA) is 225 Å². The van der Waals surface area contributed by atoms with Crippen LogP contribution >= 0.6 is 34.2 Å². The highest BCUT2D eigenvalue weighted by molar-refractivity contribution is 14.1. The molecule has 0 radical (unpaired) electrons. The number of nitrogens with one attached hydrogen (secondary N) is 1. The average Bonchev–Trinajstić information content (AvgIpc) is 4.13. The first-order valence-corrected chi connectivity index (χ1v) is 27.6. The van der Waals surface area contributed by atoms with Crippen LogP contribution in [0.15, 0.2) is 135 Å². The van der Waals surface area contributed by atoms with E-state index >= 15 is 0 Å². The van der Waals surface area contributed by atoms with Gasteiger partial charge in [-0.15, -0.1) is 0 Å². The van der Waals surface area contributed by atoms with Crippen molar-refractivity contribution in [1.82, 2.24) is 49.8 Å². The highest BCUT2D eigenvalue weighted by Gasteiger charge is 2.20. The van der Waals surface area contributed by atoms with E-state index in [2.05, 4.69) is 105 Å². The van der Waals surface area contributed by atoms with E-state index in [1.807, 2.05) is 86.9 Å². The van der Waals surface area contributed by atoms with Gasteiger partial charge in [0.1, 0.15) is 10.7 Å². The fourth-order valence-corrected chi connectivity index (χ4v) is 9.91. The van der Waals surface area contributed by atoms with Gasteiger partial charge in [0, 0.05) is 133 Å². The van der Waals surface area contributed by atoms with Crippen LogP contribution in [0.2, 0.25) is 5.15 Å². The van der Waals surface area contributed by atoms with Crippen molar-refractivity contribution in [2.24, 2.45) is 5.73 Å². The zero-order chi connectivity index (χ0) is 57.7. The number of aryl methyl sites for hydroxylation is 6. The number of nitrogens with zero attached hydrogens (tertiary/aromatic N) is 11. The molecule has 9 aromatic rings. The summed E-state index contributed by atoms with van der Waals surface area (Å²) in [5.74, 6) is -0.899. The summed E-state index contributed by atoms with van der Waals surface area (Å²) in [5.41, 5.74) is 21.3. The van der Waals surface area contributed by atoms with E-state index in [1.165, 1.54) is 59.2 Å². The van der Waals surface area contributed by atoms with Crippen molar-refractivity contribution in [3.63, 3.8) is 0 Å². The molecule has 7 aromatic heterocycles. The minimum Gasteiger partial charge on any atom is -0.478 e. The minimum absolute atomic E-state index is 0.0992. The van der Waals surface area contributed by atoms with Crippen molar-refractivity contribution in [2.45, 2.75) is 66.5 Å². The third-order valence-corrected chi connectivity index (χ3v) is 14.3. The van der Waals surface area contributed by atoms with Crippen LogP contribution in [0.4, 0.5) is 11.4 Å². The Kier molecular flexibility index (Phi) is 19.7. The molecule has 9 heterocycles. The molecular weight excluding hydrogens is 1160 g/mol. The lowest BCUT2D eigenvalue weighted by Gasteiger charge is -2.27. The number of methoxy groups -OCH3 is 1. The van der Waals surface area contributed by atoms with Gasteiger partial charge in [-0.05, 0) is 164 Å². The number of aromatic nitrogens is 9. The Morgan fingerprint density at radius 1 is 0.642 bits per heavy atom. The Morgan fingerprint density at radius 3 is 1.64 bits per heavy atom. The number of nitrogens with two attached hydrogens (primary N) is 1. The number of fused-ring (bicyclic) bond motifs is 2. The summed E-state index contributed by atoms with van der Waals surface area (Å²) in [6, 6.07) is 25.8. The number of halogens is 2. The lowest BCUT2D eigenvalue weighted by molar-refractivity contribution is 0.0599. The maximum atomic E-state index is 13.4. The van der Waals surface area contributed by atoms with E-state index in [0.717, 1.165) is 67.7 Å². The number of esters is 1. The summed E-state index contributed by atoms with van der Waals surface area (Å²) in [4.78, 5) is 61.7. The van der Waals surface area contributed by atoms with E-state index in [0.29, 0.717) is 41.4 Å². The first-order valence-electron chi connectivity index (χ1n) is 26.1. The molecule has 0 fully saturated rings. The van der Waals surface area contributed by atoms with Crippen LogP contribution in [-0.4, -0.2) is 102 Å². The fraction of sp³-hybridized carbons (Fsp3) is 0.246. The number of pyridine rings is 5. The number of hydrogen-bond donors (Lipinski definition) is 3. The molecule has 2 aliphatic heterocycles. The van der Waals surface area contributed by atoms with Gasteiger partial charge in [-0.1, -0.05) is 35.9 Å². The van der Waals surface area contributed by atoms with E-state index < -0.39 is 11.9 Å². The van der Waals surface area contributed by atoms with Crippen LogP contribution in [-0.2, 0) is 30.7 Å². The van der Waals surface area contributed by atoms with Gasteiger partial charge in [-0.3, -0.25) is 14.8 Å². The summed E-state index contributed by atoms with van der Waals surface area (Å²) < 4.78 is 8.47. The maximum absolute atomic E-state index is 13.4. The molecule has 20 heteroatoms. The molecule has 1 amide bonds. The molecule has 4 N–H and O–H groups in total. The second-order valence-corrected chi connectivity index (χ2v) is 21.3. The van der Waals surface area contributed by atoms with Gasteiger partial charge in [0.2, 0.25) is 0 Å². The third kappa shape index (κ3) is 15.1. The van der Waals surface area contributed by atoms with Crippen LogP contribution < -0.4 is 20.9 Å². The van der Waals surface area contributed by atoms with E-state index in [9.17, 15) is 19.5 Å². The average molecular weight is 1220 g/mol. The number of carbonyl (C=O) groups excluding carboxylic acids is 2. The Morgan fingerprint density at radius 2 is 1.15 bits per heavy atom. The number of carbonyl (C=O) groups is 3. The van der Waals surface area contributed by atoms with E-state index in [4.69, 9.17) is 17.3 Å². The van der Waals surface area contributed by atoms with Crippen LogP contribution in [0.3, 0.4) is 0 Å². The highest BCUT2D eigenvalue weighted by Crippen LogP contribution is 2.29. The van der Waals surface area contributed by atoms with Crippen molar-refractivity contribution in [1.29, 1.82) is 0 Å². The number of hydrogen-bond acceptors (Lipinski definition) is 14. The number of carboxylic acid groups (broad SMARTS) is 1. The van der Waals surface area contributed by atoms with E-state index in [-0.39, 0.29) is 16.6 Å². The van der Waals surface area contributed by atoms with Crippen molar-refractivity contribution in [2.75, 3.05) is 44.1 Å². The Bertz CT molecular complexity index is 3720.